The first kappa shape index (κ1) is 23.4. The second-order valence-electron chi connectivity index (χ2n) is 8.79. The lowest BCUT2D eigenvalue weighted by Crippen LogP contribution is -2.37. The number of ether oxygens (including phenoxy) is 1. The molecule has 5 nitrogen and oxygen atoms in total. The number of nitrogens with zero attached hydrogens (tertiary/aromatic N) is 3. The molecule has 0 amide bonds. The zero-order valence-electron chi connectivity index (χ0n) is 19.8. The molecule has 2 atom stereocenters. The zero-order valence-corrected chi connectivity index (χ0v) is 19.8. The number of pyridine rings is 1. The predicted molar refractivity (Wildman–Crippen MR) is 135 cm³/mol. The summed E-state index contributed by atoms with van der Waals surface area (Å²) < 4.78 is 5.77. The smallest absolute Gasteiger partial charge is 0.217 e. The van der Waals surface area contributed by atoms with E-state index in [9.17, 15) is 10.4 Å². The van der Waals surface area contributed by atoms with Gasteiger partial charge in [0.05, 0.1) is 24.3 Å². The molecule has 4 rings (SSSR count). The normalized spacial score (nSPS) is 13.9. The van der Waals surface area contributed by atoms with E-state index < -0.39 is 11.5 Å². The first-order chi connectivity index (χ1) is 16.5. The predicted octanol–water partition coefficient (Wildman–Crippen LogP) is 5.09. The van der Waals surface area contributed by atoms with Crippen LogP contribution in [0.4, 0.5) is 0 Å². The molecule has 0 fully saturated rings. The van der Waals surface area contributed by atoms with E-state index in [-0.39, 0.29) is 0 Å². The van der Waals surface area contributed by atoms with E-state index in [4.69, 9.17) is 9.72 Å². The van der Waals surface area contributed by atoms with Crippen molar-refractivity contribution < 1.29 is 9.84 Å². The van der Waals surface area contributed by atoms with Crippen LogP contribution in [-0.2, 0) is 5.60 Å². The SMILES string of the molecule is COc1nc2ccc(C#N)cc2cc1[C@H](c1ccccc1)[C@](O)(CCN(C)C)c1ccccc1. The first-order valence-corrected chi connectivity index (χ1v) is 11.3. The quantitative estimate of drug-likeness (QED) is 0.404. The fourth-order valence-corrected chi connectivity index (χ4v) is 4.55. The Bertz CT molecular complexity index is 1300. The summed E-state index contributed by atoms with van der Waals surface area (Å²) in [6.45, 7) is 0.691. The molecule has 0 saturated heterocycles. The van der Waals surface area contributed by atoms with Crippen LogP contribution in [0.15, 0.2) is 84.9 Å². The highest BCUT2D eigenvalue weighted by atomic mass is 16.5. The average Bonchev–Trinajstić information content (AvgIpc) is 2.88. The Morgan fingerprint density at radius 2 is 1.68 bits per heavy atom. The molecule has 0 saturated carbocycles. The van der Waals surface area contributed by atoms with Crippen LogP contribution in [0.25, 0.3) is 10.9 Å². The Hall–Kier alpha value is -3.72. The summed E-state index contributed by atoms with van der Waals surface area (Å²) >= 11 is 0. The molecule has 1 N–H and O–H groups in total. The van der Waals surface area contributed by atoms with E-state index in [0.29, 0.717) is 24.4 Å². The molecule has 0 aliphatic carbocycles. The van der Waals surface area contributed by atoms with Gasteiger partial charge in [0.1, 0.15) is 5.60 Å². The number of nitriles is 1. The Labute approximate surface area is 200 Å². The third-order valence-corrected chi connectivity index (χ3v) is 6.27. The standard InChI is InChI=1S/C29H29N3O2/c1-32(2)17-16-29(33,24-12-8-5-9-13-24)27(22-10-6-4-7-11-22)25-19-23-18-21(20-30)14-15-26(23)31-28(25)34-3/h4-15,18-19,27,33H,16-17H2,1-3H3/t27-,29-/m0/s1. The molecule has 0 bridgehead atoms. The molecule has 1 heterocycles. The van der Waals surface area contributed by atoms with Crippen molar-refractivity contribution >= 4 is 10.9 Å². The Morgan fingerprint density at radius 1 is 1.00 bits per heavy atom. The zero-order chi connectivity index (χ0) is 24.1. The molecule has 1 aromatic heterocycles. The largest absolute Gasteiger partial charge is 0.481 e. The summed E-state index contributed by atoms with van der Waals surface area (Å²) in [7, 11) is 5.61. The maximum Gasteiger partial charge on any atom is 0.217 e. The van der Waals surface area contributed by atoms with E-state index in [1.54, 1.807) is 13.2 Å². The van der Waals surface area contributed by atoms with Crippen molar-refractivity contribution in [3.05, 3.63) is 107 Å². The van der Waals surface area contributed by atoms with E-state index in [0.717, 1.165) is 27.6 Å². The second kappa shape index (κ2) is 10.0. The van der Waals surface area contributed by atoms with Gasteiger partial charge in [-0.3, -0.25) is 0 Å². The van der Waals surface area contributed by atoms with E-state index in [1.165, 1.54) is 0 Å². The van der Waals surface area contributed by atoms with E-state index >= 15 is 0 Å². The lowest BCUT2D eigenvalue weighted by Gasteiger charge is -2.39. The summed E-state index contributed by atoms with van der Waals surface area (Å²) in [5, 5.41) is 22.8. The molecule has 172 valence electrons. The first-order valence-electron chi connectivity index (χ1n) is 11.3. The van der Waals surface area contributed by atoms with E-state index in [2.05, 4.69) is 11.0 Å². The Morgan fingerprint density at radius 3 is 2.29 bits per heavy atom. The molecule has 4 aromatic rings. The van der Waals surface area contributed by atoms with Crippen LogP contribution in [0.2, 0.25) is 0 Å². The van der Waals surface area contributed by atoms with Gasteiger partial charge in [-0.2, -0.15) is 5.26 Å². The molecule has 34 heavy (non-hydrogen) atoms. The van der Waals surface area contributed by atoms with Crippen LogP contribution < -0.4 is 4.74 Å². The topological polar surface area (TPSA) is 69.4 Å². The van der Waals surface area contributed by atoms with Crippen LogP contribution in [0.3, 0.4) is 0 Å². The minimum atomic E-state index is -1.23. The Kier molecular flexibility index (Phi) is 6.93. The average molecular weight is 452 g/mol. The molecule has 0 aliphatic rings. The van der Waals surface area contributed by atoms with Crippen LogP contribution in [0.5, 0.6) is 5.88 Å². The van der Waals surface area contributed by atoms with Crippen LogP contribution in [-0.4, -0.2) is 42.7 Å². The molecule has 5 heteroatoms. The molecular formula is C29H29N3O2. The highest BCUT2D eigenvalue weighted by molar-refractivity contribution is 5.82. The summed E-state index contributed by atoms with van der Waals surface area (Å²) in [6, 6.07) is 29.4. The lowest BCUT2D eigenvalue weighted by molar-refractivity contribution is 0.00380. The van der Waals surface area contributed by atoms with Gasteiger partial charge >= 0.3 is 0 Å². The van der Waals surface area contributed by atoms with Gasteiger partial charge in [0.2, 0.25) is 5.88 Å². The van der Waals surface area contributed by atoms with Gasteiger partial charge in [0.15, 0.2) is 0 Å². The fourth-order valence-electron chi connectivity index (χ4n) is 4.55. The third kappa shape index (κ3) is 4.65. The number of benzene rings is 3. The fraction of sp³-hybridized carbons (Fsp3) is 0.241. The van der Waals surface area contributed by atoms with E-state index in [1.807, 2.05) is 93.0 Å². The lowest BCUT2D eigenvalue weighted by atomic mass is 9.71. The van der Waals surface area contributed by atoms with Crippen molar-refractivity contribution in [2.24, 2.45) is 0 Å². The number of hydrogen-bond acceptors (Lipinski definition) is 5. The minimum absolute atomic E-state index is 0.450. The highest BCUT2D eigenvalue weighted by Gasteiger charge is 2.42. The number of hydrogen-bond donors (Lipinski definition) is 1. The minimum Gasteiger partial charge on any atom is -0.481 e. The van der Waals surface area contributed by atoms with Crippen molar-refractivity contribution in [1.29, 1.82) is 5.26 Å². The molecule has 3 aromatic carbocycles. The van der Waals surface area contributed by atoms with Crippen molar-refractivity contribution in [3.8, 4) is 11.9 Å². The number of methoxy groups -OCH3 is 1. The van der Waals surface area contributed by atoms with Gasteiger partial charge in [-0.25, -0.2) is 4.98 Å². The van der Waals surface area contributed by atoms with Gasteiger partial charge in [-0.15, -0.1) is 0 Å². The Balaban J connectivity index is 2.01. The molecule has 0 radical (unpaired) electrons. The van der Waals surface area contributed by atoms with Gasteiger partial charge in [-0.05, 0) is 55.9 Å². The van der Waals surface area contributed by atoms with Crippen LogP contribution in [0.1, 0.15) is 34.6 Å². The van der Waals surface area contributed by atoms with Crippen molar-refractivity contribution in [1.82, 2.24) is 9.88 Å². The molecular weight excluding hydrogens is 422 g/mol. The number of aromatic nitrogens is 1. The van der Waals surface area contributed by atoms with Crippen LogP contribution in [0, 0.1) is 11.3 Å². The van der Waals surface area contributed by atoms with Gasteiger partial charge in [0, 0.05) is 23.4 Å². The summed E-state index contributed by atoms with van der Waals surface area (Å²) in [6.07, 6.45) is 0.503. The maximum absolute atomic E-state index is 12.5. The summed E-state index contributed by atoms with van der Waals surface area (Å²) in [4.78, 5) is 6.84. The number of rotatable bonds is 8. The van der Waals surface area contributed by atoms with Gasteiger partial charge in [0.25, 0.3) is 0 Å². The maximum atomic E-state index is 12.5. The summed E-state index contributed by atoms with van der Waals surface area (Å²) in [5.41, 5.74) is 2.64. The molecule has 0 spiro atoms. The van der Waals surface area contributed by atoms with Gasteiger partial charge in [-0.1, -0.05) is 60.7 Å². The highest BCUT2D eigenvalue weighted by Crippen LogP contribution is 2.47. The van der Waals surface area contributed by atoms with Crippen molar-refractivity contribution in [2.45, 2.75) is 17.9 Å². The third-order valence-electron chi connectivity index (χ3n) is 6.27. The number of fused-ring (bicyclic) bond motifs is 1. The van der Waals surface area contributed by atoms with Crippen molar-refractivity contribution in [2.75, 3.05) is 27.7 Å². The molecule has 0 unspecified atom stereocenters. The second-order valence-corrected chi connectivity index (χ2v) is 8.79. The number of aliphatic hydroxyl groups is 1. The molecule has 0 aliphatic heterocycles. The van der Waals surface area contributed by atoms with Crippen molar-refractivity contribution in [3.63, 3.8) is 0 Å². The summed E-state index contributed by atoms with van der Waals surface area (Å²) in [5.74, 6) is 0.0129. The van der Waals surface area contributed by atoms with Crippen LogP contribution >= 0.6 is 0 Å². The van der Waals surface area contributed by atoms with Gasteiger partial charge < -0.3 is 14.7 Å². The monoisotopic (exact) mass is 451 g/mol.